The maximum atomic E-state index is 14.0. The van der Waals surface area contributed by atoms with E-state index in [2.05, 4.69) is 0 Å². The molecule has 0 spiro atoms. The predicted molar refractivity (Wildman–Crippen MR) is 142 cm³/mol. The van der Waals surface area contributed by atoms with Gasteiger partial charge in [0, 0.05) is 28.9 Å². The summed E-state index contributed by atoms with van der Waals surface area (Å²) in [7, 11) is 0. The number of carbonyl (C=O) groups excluding carboxylic acids is 3. The van der Waals surface area contributed by atoms with Crippen molar-refractivity contribution in [3.8, 4) is 0 Å². The minimum Gasteiger partial charge on any atom is -0.358 e. The lowest BCUT2D eigenvalue weighted by molar-refractivity contribution is -0.384. The maximum Gasteiger partial charge on any atom is 0.269 e. The molecular weight excluding hydrogens is 529 g/mol. The number of amides is 2. The number of carbonyl (C=O) groups is 3. The molecule has 3 heterocycles. The zero-order chi connectivity index (χ0) is 26.9. The first-order valence-electron chi connectivity index (χ1n) is 11.9. The minimum absolute atomic E-state index is 0.145. The third-order valence-corrected chi connectivity index (χ3v) is 8.11. The normalized spacial score (nSPS) is 23.3. The standard InChI is InChI=1S/C28H19Cl2N3O5/c1-14-12-17(33(37)38)7-9-21(14)32-27(35)22-23(28(32)36)25(26(34)19-8-6-16(29)13-20(19)30)31-11-10-15-4-2-3-5-18(15)24(22)31/h2-13,22-25H,1H3/t22-,23+,24+,25-/m0/s1. The lowest BCUT2D eigenvalue weighted by Gasteiger charge is -2.35. The molecule has 3 aliphatic rings. The zero-order valence-electron chi connectivity index (χ0n) is 19.9. The lowest BCUT2D eigenvalue weighted by Crippen LogP contribution is -2.44. The van der Waals surface area contributed by atoms with Crippen molar-refractivity contribution in [1.29, 1.82) is 0 Å². The van der Waals surface area contributed by atoms with Crippen LogP contribution >= 0.6 is 23.2 Å². The van der Waals surface area contributed by atoms with Gasteiger partial charge in [0.2, 0.25) is 11.8 Å². The Morgan fingerprint density at radius 1 is 0.974 bits per heavy atom. The van der Waals surface area contributed by atoms with Crippen molar-refractivity contribution in [2.24, 2.45) is 11.8 Å². The van der Waals surface area contributed by atoms with Crippen LogP contribution in [0.3, 0.4) is 0 Å². The second-order valence-electron chi connectivity index (χ2n) is 9.56. The molecule has 0 saturated carbocycles. The van der Waals surface area contributed by atoms with Gasteiger partial charge in [-0.3, -0.25) is 24.5 Å². The molecule has 3 aliphatic heterocycles. The highest BCUT2D eigenvalue weighted by Gasteiger charge is 2.64. The Kier molecular flexibility index (Phi) is 5.63. The largest absolute Gasteiger partial charge is 0.358 e. The Balaban J connectivity index is 1.50. The highest BCUT2D eigenvalue weighted by Crippen LogP contribution is 2.54. The van der Waals surface area contributed by atoms with E-state index in [0.29, 0.717) is 10.6 Å². The van der Waals surface area contributed by atoms with Gasteiger partial charge in [-0.05, 0) is 54.0 Å². The Morgan fingerprint density at radius 3 is 2.42 bits per heavy atom. The topological polar surface area (TPSA) is 101 Å². The number of ketones is 1. The molecule has 0 N–H and O–H groups in total. The molecule has 38 heavy (non-hydrogen) atoms. The van der Waals surface area contributed by atoms with Gasteiger partial charge in [-0.15, -0.1) is 0 Å². The van der Waals surface area contributed by atoms with Crippen LogP contribution in [-0.2, 0) is 9.59 Å². The molecule has 0 bridgehead atoms. The number of imide groups is 1. The number of nitrogens with zero attached hydrogens (tertiary/aromatic N) is 3. The molecule has 8 nitrogen and oxygen atoms in total. The van der Waals surface area contributed by atoms with Crippen molar-refractivity contribution >= 4 is 58.3 Å². The summed E-state index contributed by atoms with van der Waals surface area (Å²) in [5.41, 5.74) is 2.47. The molecule has 190 valence electrons. The van der Waals surface area contributed by atoms with Gasteiger partial charge in [-0.1, -0.05) is 47.5 Å². The molecule has 0 aromatic heterocycles. The van der Waals surface area contributed by atoms with Gasteiger partial charge in [0.15, 0.2) is 5.78 Å². The number of hydrogen-bond donors (Lipinski definition) is 0. The monoisotopic (exact) mass is 547 g/mol. The van der Waals surface area contributed by atoms with E-state index < -0.39 is 46.4 Å². The molecule has 6 rings (SSSR count). The maximum absolute atomic E-state index is 14.0. The average Bonchev–Trinajstić information content (AvgIpc) is 3.36. The van der Waals surface area contributed by atoms with E-state index in [1.54, 1.807) is 24.1 Å². The third-order valence-electron chi connectivity index (χ3n) is 7.56. The van der Waals surface area contributed by atoms with Crippen LogP contribution < -0.4 is 4.90 Å². The van der Waals surface area contributed by atoms with Crippen LogP contribution in [0.1, 0.15) is 33.1 Å². The summed E-state index contributed by atoms with van der Waals surface area (Å²) >= 11 is 12.4. The number of hydrogen-bond acceptors (Lipinski definition) is 6. The first kappa shape index (κ1) is 24.3. The Hall–Kier alpha value is -4.01. The van der Waals surface area contributed by atoms with Crippen molar-refractivity contribution in [1.82, 2.24) is 4.90 Å². The molecule has 10 heteroatoms. The van der Waals surface area contributed by atoms with Gasteiger partial charge in [-0.2, -0.15) is 0 Å². The quantitative estimate of drug-likeness (QED) is 0.182. The van der Waals surface area contributed by atoms with E-state index >= 15 is 0 Å². The van der Waals surface area contributed by atoms with Crippen LogP contribution in [0.25, 0.3) is 6.08 Å². The number of aryl methyl sites for hydroxylation is 1. The van der Waals surface area contributed by atoms with Crippen molar-refractivity contribution < 1.29 is 19.3 Å². The number of nitro benzene ring substituents is 1. The van der Waals surface area contributed by atoms with Gasteiger partial charge in [0.25, 0.3) is 5.69 Å². The summed E-state index contributed by atoms with van der Waals surface area (Å²) in [5, 5.41) is 11.8. The van der Waals surface area contributed by atoms with E-state index in [4.69, 9.17) is 23.2 Å². The number of benzene rings is 3. The first-order chi connectivity index (χ1) is 18.2. The summed E-state index contributed by atoms with van der Waals surface area (Å²) in [4.78, 5) is 55.6. The number of Topliss-reactive ketones (excluding diaryl/α,β-unsaturated/α-hetero) is 1. The van der Waals surface area contributed by atoms with Gasteiger partial charge < -0.3 is 4.90 Å². The molecule has 3 aromatic carbocycles. The fraction of sp³-hybridized carbons (Fsp3) is 0.179. The molecule has 0 aliphatic carbocycles. The van der Waals surface area contributed by atoms with Gasteiger partial charge in [-0.25, -0.2) is 4.90 Å². The molecule has 0 unspecified atom stereocenters. The van der Waals surface area contributed by atoms with Gasteiger partial charge in [0.1, 0.15) is 6.04 Å². The van der Waals surface area contributed by atoms with Crippen LogP contribution in [0.2, 0.25) is 10.0 Å². The number of non-ortho nitro benzene ring substituents is 1. The van der Waals surface area contributed by atoms with Crippen LogP contribution in [0.15, 0.2) is 66.9 Å². The second kappa shape index (κ2) is 8.79. The second-order valence-corrected chi connectivity index (χ2v) is 10.4. The van der Waals surface area contributed by atoms with Crippen molar-refractivity contribution in [3.63, 3.8) is 0 Å². The Bertz CT molecular complexity index is 1600. The molecular formula is C28H19Cl2N3O5. The zero-order valence-corrected chi connectivity index (χ0v) is 21.4. The number of anilines is 1. The highest BCUT2D eigenvalue weighted by atomic mass is 35.5. The summed E-state index contributed by atoms with van der Waals surface area (Å²) < 4.78 is 0. The Labute approximate surface area is 227 Å². The number of nitro groups is 1. The fourth-order valence-electron chi connectivity index (χ4n) is 5.95. The summed E-state index contributed by atoms with van der Waals surface area (Å²) in [6, 6.07) is 14.6. The van der Waals surface area contributed by atoms with E-state index in [9.17, 15) is 24.5 Å². The van der Waals surface area contributed by atoms with Gasteiger partial charge >= 0.3 is 0 Å². The molecule has 4 atom stereocenters. The summed E-state index contributed by atoms with van der Waals surface area (Å²) in [6.45, 7) is 1.61. The smallest absolute Gasteiger partial charge is 0.269 e. The molecule has 2 amide bonds. The minimum atomic E-state index is -0.993. The van der Waals surface area contributed by atoms with E-state index in [0.717, 1.165) is 16.0 Å². The third kappa shape index (κ3) is 3.48. The summed E-state index contributed by atoms with van der Waals surface area (Å²) in [6.07, 6.45) is 3.63. The molecule has 3 aromatic rings. The van der Waals surface area contributed by atoms with Gasteiger partial charge in [0.05, 0.1) is 33.5 Å². The number of rotatable bonds is 4. The number of fused-ring (bicyclic) bond motifs is 5. The highest BCUT2D eigenvalue weighted by molar-refractivity contribution is 6.37. The van der Waals surface area contributed by atoms with E-state index in [1.165, 1.54) is 30.3 Å². The number of halogens is 2. The lowest BCUT2D eigenvalue weighted by atomic mass is 9.83. The predicted octanol–water partition coefficient (Wildman–Crippen LogP) is 5.61. The summed E-state index contributed by atoms with van der Waals surface area (Å²) in [5.74, 6) is -3.20. The van der Waals surface area contributed by atoms with Crippen LogP contribution in [-0.4, -0.2) is 33.5 Å². The Morgan fingerprint density at radius 2 is 1.71 bits per heavy atom. The van der Waals surface area contributed by atoms with Crippen molar-refractivity contribution in [2.75, 3.05) is 4.90 Å². The average molecular weight is 548 g/mol. The first-order valence-corrected chi connectivity index (χ1v) is 12.6. The van der Waals surface area contributed by atoms with Crippen LogP contribution in [0.5, 0.6) is 0 Å². The van der Waals surface area contributed by atoms with Crippen LogP contribution in [0.4, 0.5) is 11.4 Å². The molecule has 0 radical (unpaired) electrons. The van der Waals surface area contributed by atoms with Crippen molar-refractivity contribution in [3.05, 3.63) is 109 Å². The van der Waals surface area contributed by atoms with Crippen LogP contribution in [0, 0.1) is 28.9 Å². The fourth-order valence-corrected chi connectivity index (χ4v) is 6.45. The van der Waals surface area contributed by atoms with Crippen molar-refractivity contribution in [2.45, 2.75) is 19.0 Å². The molecule has 2 fully saturated rings. The van der Waals surface area contributed by atoms with E-state index in [-0.39, 0.29) is 22.0 Å². The van der Waals surface area contributed by atoms with E-state index in [1.807, 2.05) is 30.3 Å². The molecule has 2 saturated heterocycles. The SMILES string of the molecule is Cc1cc([N+](=O)[O-])ccc1N1C(=O)[C@@H]2[C@H](C1=O)[C@H]1c3ccccc3C=CN1[C@@H]2C(=O)c1ccc(Cl)cc1Cl.